The highest BCUT2D eigenvalue weighted by Gasteiger charge is 2.33. The van der Waals surface area contributed by atoms with Crippen LogP contribution in [0.5, 0.6) is 0 Å². The maximum absolute atomic E-state index is 12.2. The van der Waals surface area contributed by atoms with Crippen molar-refractivity contribution >= 4 is 34.3 Å². The summed E-state index contributed by atoms with van der Waals surface area (Å²) in [6, 6.07) is 0.816. The summed E-state index contributed by atoms with van der Waals surface area (Å²) < 4.78 is 4.15. The predicted octanol–water partition coefficient (Wildman–Crippen LogP) is 2.07. The minimum atomic E-state index is 0.110. The Bertz CT molecular complexity index is 452. The van der Waals surface area contributed by atoms with Crippen molar-refractivity contribution in [2.75, 3.05) is 24.7 Å². The van der Waals surface area contributed by atoms with Gasteiger partial charge in [0, 0.05) is 23.5 Å². The van der Waals surface area contributed by atoms with E-state index in [1.807, 2.05) is 6.26 Å². The number of carbonyl (C=O) groups excluding carboxylic acids is 1. The van der Waals surface area contributed by atoms with Gasteiger partial charge in [0.1, 0.15) is 0 Å². The minimum absolute atomic E-state index is 0.110. The molecule has 0 atom stereocenters. The van der Waals surface area contributed by atoms with Crippen molar-refractivity contribution in [3.8, 4) is 0 Å². The monoisotopic (exact) mass is 298 g/mol. The second kappa shape index (κ2) is 5.76. The fourth-order valence-corrected chi connectivity index (χ4v) is 3.65. The molecule has 5 nitrogen and oxygen atoms in total. The molecule has 1 aliphatic carbocycles. The minimum Gasteiger partial charge on any atom is -0.300 e. The van der Waals surface area contributed by atoms with Gasteiger partial charge in [0.15, 0.2) is 0 Å². The molecule has 7 heteroatoms. The lowest BCUT2D eigenvalue weighted by atomic mass is 9.96. The normalized spacial score (nSPS) is 21.5. The zero-order chi connectivity index (χ0) is 13.2. The molecule has 19 heavy (non-hydrogen) atoms. The third-order valence-electron chi connectivity index (χ3n) is 3.78. The highest BCUT2D eigenvalue weighted by atomic mass is 32.2. The van der Waals surface area contributed by atoms with Crippen LogP contribution in [0.15, 0.2) is 5.16 Å². The van der Waals surface area contributed by atoms with Crippen molar-refractivity contribution in [3.05, 3.63) is 0 Å². The van der Waals surface area contributed by atoms with Crippen LogP contribution in [0.3, 0.4) is 0 Å². The van der Waals surface area contributed by atoms with Crippen LogP contribution in [0, 0.1) is 5.92 Å². The van der Waals surface area contributed by atoms with E-state index in [0.29, 0.717) is 5.13 Å². The SMILES string of the molecule is CSc1nsc(NC(=O)C2CCN(C3CC3)CC2)n1. The number of amides is 1. The third kappa shape index (κ3) is 3.27. The first-order valence-corrected chi connectivity index (χ1v) is 8.68. The molecule has 1 amide bonds. The molecular weight excluding hydrogens is 280 g/mol. The first-order chi connectivity index (χ1) is 9.26. The van der Waals surface area contributed by atoms with Gasteiger partial charge in [-0.05, 0) is 45.0 Å². The van der Waals surface area contributed by atoms with Crippen molar-refractivity contribution in [2.45, 2.75) is 36.9 Å². The Balaban J connectivity index is 1.50. The first-order valence-electron chi connectivity index (χ1n) is 6.69. The number of likely N-dealkylation sites (tertiary alicyclic amines) is 1. The Morgan fingerprint density at radius 1 is 1.37 bits per heavy atom. The topological polar surface area (TPSA) is 58.1 Å². The standard InChI is InChI=1S/C12H18N4OS2/c1-18-12-14-11(19-15-12)13-10(17)8-4-6-16(7-5-8)9-2-3-9/h8-9H,2-7H2,1H3,(H,13,14,15,17). The molecule has 1 aromatic rings. The number of aromatic nitrogens is 2. The Hall–Kier alpha value is -0.660. The van der Waals surface area contributed by atoms with Crippen molar-refractivity contribution in [1.82, 2.24) is 14.3 Å². The Morgan fingerprint density at radius 3 is 2.68 bits per heavy atom. The smallest absolute Gasteiger partial charge is 0.229 e. The number of anilines is 1. The maximum atomic E-state index is 12.2. The molecule has 0 spiro atoms. The predicted molar refractivity (Wildman–Crippen MR) is 77.6 cm³/mol. The van der Waals surface area contributed by atoms with Crippen molar-refractivity contribution in [3.63, 3.8) is 0 Å². The maximum Gasteiger partial charge on any atom is 0.229 e. The molecular formula is C12H18N4OS2. The van der Waals surface area contributed by atoms with Gasteiger partial charge in [-0.15, -0.1) is 0 Å². The van der Waals surface area contributed by atoms with Gasteiger partial charge in [0.25, 0.3) is 0 Å². The average Bonchev–Trinajstić information content (AvgIpc) is 3.19. The summed E-state index contributed by atoms with van der Waals surface area (Å²) in [5.41, 5.74) is 0. The zero-order valence-electron chi connectivity index (χ0n) is 11.0. The van der Waals surface area contributed by atoms with Gasteiger partial charge in [-0.3, -0.25) is 4.79 Å². The zero-order valence-corrected chi connectivity index (χ0v) is 12.6. The summed E-state index contributed by atoms with van der Waals surface area (Å²) >= 11 is 2.75. The molecule has 1 saturated carbocycles. The lowest BCUT2D eigenvalue weighted by Crippen LogP contribution is -2.39. The van der Waals surface area contributed by atoms with Crippen LogP contribution in [0.25, 0.3) is 0 Å². The third-order valence-corrected chi connectivity index (χ3v) is 5.08. The van der Waals surface area contributed by atoms with E-state index in [9.17, 15) is 4.79 Å². The molecule has 2 heterocycles. The Morgan fingerprint density at radius 2 is 2.11 bits per heavy atom. The van der Waals surface area contributed by atoms with Crippen LogP contribution < -0.4 is 5.32 Å². The van der Waals surface area contributed by atoms with Gasteiger partial charge < -0.3 is 10.2 Å². The summed E-state index contributed by atoms with van der Waals surface area (Å²) in [7, 11) is 0. The summed E-state index contributed by atoms with van der Waals surface area (Å²) in [5, 5.41) is 4.25. The van der Waals surface area contributed by atoms with Crippen LogP contribution in [-0.2, 0) is 4.79 Å². The quantitative estimate of drug-likeness (QED) is 0.862. The molecule has 2 fully saturated rings. The second-order valence-corrected chi connectivity index (χ2v) is 6.64. The summed E-state index contributed by atoms with van der Waals surface area (Å²) in [4.78, 5) is 18.9. The van der Waals surface area contributed by atoms with Gasteiger partial charge >= 0.3 is 0 Å². The number of hydrogen-bond donors (Lipinski definition) is 1. The van der Waals surface area contributed by atoms with Crippen molar-refractivity contribution in [1.29, 1.82) is 0 Å². The molecule has 0 radical (unpaired) electrons. The highest BCUT2D eigenvalue weighted by molar-refractivity contribution is 7.98. The van der Waals surface area contributed by atoms with E-state index in [0.717, 1.165) is 37.1 Å². The largest absolute Gasteiger partial charge is 0.300 e. The molecule has 1 aliphatic heterocycles. The fourth-order valence-electron chi connectivity index (χ4n) is 2.52. The van der Waals surface area contributed by atoms with Crippen molar-refractivity contribution < 1.29 is 4.79 Å². The average molecular weight is 298 g/mol. The van der Waals surface area contributed by atoms with E-state index in [2.05, 4.69) is 19.6 Å². The number of nitrogens with zero attached hydrogens (tertiary/aromatic N) is 3. The van der Waals surface area contributed by atoms with Crippen LogP contribution in [0.1, 0.15) is 25.7 Å². The molecule has 2 aliphatic rings. The number of nitrogens with one attached hydrogen (secondary N) is 1. The molecule has 0 unspecified atom stereocenters. The van der Waals surface area contributed by atoms with E-state index >= 15 is 0 Å². The molecule has 0 aromatic carbocycles. The Kier molecular flexibility index (Phi) is 4.04. The Labute approximate surface area is 121 Å². The second-order valence-electron chi connectivity index (χ2n) is 5.12. The fraction of sp³-hybridized carbons (Fsp3) is 0.750. The van der Waals surface area contributed by atoms with Crippen LogP contribution >= 0.6 is 23.3 Å². The van der Waals surface area contributed by atoms with Crippen LogP contribution in [0.4, 0.5) is 5.13 Å². The number of carbonyl (C=O) groups is 1. The van der Waals surface area contributed by atoms with Gasteiger partial charge in [-0.2, -0.15) is 9.36 Å². The van der Waals surface area contributed by atoms with Crippen LogP contribution in [0.2, 0.25) is 0 Å². The van der Waals surface area contributed by atoms with E-state index in [1.165, 1.54) is 36.1 Å². The lowest BCUT2D eigenvalue weighted by Gasteiger charge is -2.30. The number of rotatable bonds is 4. The highest BCUT2D eigenvalue weighted by Crippen LogP contribution is 2.31. The van der Waals surface area contributed by atoms with Crippen molar-refractivity contribution in [2.24, 2.45) is 5.92 Å². The molecule has 1 saturated heterocycles. The van der Waals surface area contributed by atoms with Gasteiger partial charge in [-0.1, -0.05) is 11.8 Å². The van der Waals surface area contributed by atoms with E-state index in [4.69, 9.17) is 0 Å². The van der Waals surface area contributed by atoms with Crippen LogP contribution in [-0.4, -0.2) is 45.6 Å². The number of piperidine rings is 1. The van der Waals surface area contributed by atoms with Gasteiger partial charge in [0.2, 0.25) is 16.2 Å². The molecule has 1 N–H and O–H groups in total. The van der Waals surface area contributed by atoms with Gasteiger partial charge in [-0.25, -0.2) is 0 Å². The summed E-state index contributed by atoms with van der Waals surface area (Å²) in [5.74, 6) is 0.246. The molecule has 104 valence electrons. The molecule has 1 aromatic heterocycles. The van der Waals surface area contributed by atoms with E-state index in [1.54, 1.807) is 0 Å². The molecule has 0 bridgehead atoms. The molecule has 3 rings (SSSR count). The number of hydrogen-bond acceptors (Lipinski definition) is 6. The van der Waals surface area contributed by atoms with E-state index in [-0.39, 0.29) is 11.8 Å². The lowest BCUT2D eigenvalue weighted by molar-refractivity contribution is -0.121. The first kappa shape index (κ1) is 13.3. The van der Waals surface area contributed by atoms with E-state index < -0.39 is 0 Å². The van der Waals surface area contributed by atoms with Gasteiger partial charge in [0.05, 0.1) is 0 Å². The number of thioether (sulfide) groups is 1. The summed E-state index contributed by atoms with van der Waals surface area (Å²) in [6.45, 7) is 2.13. The summed E-state index contributed by atoms with van der Waals surface area (Å²) in [6.07, 6.45) is 6.56.